The van der Waals surface area contributed by atoms with E-state index in [1.54, 1.807) is 25.1 Å². The second-order valence-electron chi connectivity index (χ2n) is 5.96. The Bertz CT molecular complexity index is 766. The summed E-state index contributed by atoms with van der Waals surface area (Å²) >= 11 is 5.88. The Labute approximate surface area is 152 Å². The van der Waals surface area contributed by atoms with E-state index in [9.17, 15) is 18.0 Å². The van der Waals surface area contributed by atoms with Crippen LogP contribution in [0.15, 0.2) is 18.2 Å². The molecule has 1 aromatic rings. The van der Waals surface area contributed by atoms with Crippen LogP contribution in [0.4, 0.5) is 5.69 Å². The number of carbonyl (C=O) groups excluding carboxylic acids is 2. The molecular formula is C16H21ClN2O5S. The molecule has 1 fully saturated rings. The van der Waals surface area contributed by atoms with Crippen molar-refractivity contribution in [3.05, 3.63) is 28.8 Å². The fourth-order valence-electron chi connectivity index (χ4n) is 2.73. The molecule has 1 aliphatic heterocycles. The summed E-state index contributed by atoms with van der Waals surface area (Å²) in [6.07, 6.45) is 0.324. The molecule has 1 N–H and O–H groups in total. The molecule has 7 nitrogen and oxygen atoms in total. The zero-order valence-corrected chi connectivity index (χ0v) is 15.7. The van der Waals surface area contributed by atoms with Gasteiger partial charge in [-0.3, -0.25) is 9.59 Å². The number of nitrogens with one attached hydrogen (secondary N) is 1. The van der Waals surface area contributed by atoms with Gasteiger partial charge in [0.05, 0.1) is 18.1 Å². The van der Waals surface area contributed by atoms with E-state index in [0.29, 0.717) is 17.1 Å². The van der Waals surface area contributed by atoms with Crippen LogP contribution in [0.3, 0.4) is 0 Å². The number of hydrogen-bond acceptors (Lipinski definition) is 5. The monoisotopic (exact) mass is 388 g/mol. The van der Waals surface area contributed by atoms with Crippen molar-refractivity contribution in [2.24, 2.45) is 0 Å². The van der Waals surface area contributed by atoms with Crippen molar-refractivity contribution in [1.29, 1.82) is 0 Å². The summed E-state index contributed by atoms with van der Waals surface area (Å²) in [6.45, 7) is 2.14. The maximum Gasteiger partial charge on any atom is 0.313 e. The molecule has 138 valence electrons. The van der Waals surface area contributed by atoms with Gasteiger partial charge in [-0.1, -0.05) is 11.6 Å². The summed E-state index contributed by atoms with van der Waals surface area (Å²) in [5.74, 6) is -1.69. The number of halogens is 1. The number of methoxy groups -OCH3 is 1. The van der Waals surface area contributed by atoms with Crippen LogP contribution in [0, 0.1) is 6.92 Å². The minimum Gasteiger partial charge on any atom is -0.383 e. The highest BCUT2D eigenvalue weighted by atomic mass is 35.5. The molecule has 2 amide bonds. The number of anilines is 1. The van der Waals surface area contributed by atoms with Crippen molar-refractivity contribution in [3.63, 3.8) is 0 Å². The van der Waals surface area contributed by atoms with E-state index in [4.69, 9.17) is 16.3 Å². The molecule has 9 heteroatoms. The first kappa shape index (κ1) is 19.7. The first-order valence-corrected chi connectivity index (χ1v) is 10.0. The maximum atomic E-state index is 12.6. The third-order valence-electron chi connectivity index (χ3n) is 4.08. The fourth-order valence-corrected chi connectivity index (χ4v) is 4.69. The fraction of sp³-hybridized carbons (Fsp3) is 0.500. The van der Waals surface area contributed by atoms with Crippen LogP contribution in [0.5, 0.6) is 0 Å². The van der Waals surface area contributed by atoms with Crippen LogP contribution in [0.25, 0.3) is 0 Å². The Morgan fingerprint density at radius 3 is 2.68 bits per heavy atom. The average molecular weight is 389 g/mol. The van der Waals surface area contributed by atoms with Crippen LogP contribution in [0.2, 0.25) is 5.02 Å². The molecule has 1 saturated heterocycles. The lowest BCUT2D eigenvalue weighted by atomic mass is 10.2. The van der Waals surface area contributed by atoms with Crippen LogP contribution in [0.1, 0.15) is 12.0 Å². The molecule has 1 unspecified atom stereocenters. The molecule has 0 spiro atoms. The zero-order chi connectivity index (χ0) is 18.6. The number of amides is 2. The standard InChI is InChI=1S/C16H21ClN2O5S/c1-11-9-12(17)3-4-14(11)18-15(20)16(21)19(6-7-24-2)13-5-8-25(22,23)10-13/h3-4,9,13H,5-8,10H2,1-2H3,(H,18,20). The maximum absolute atomic E-state index is 12.6. The van der Waals surface area contributed by atoms with E-state index in [0.717, 1.165) is 5.56 Å². The lowest BCUT2D eigenvalue weighted by Crippen LogP contribution is -2.48. The number of hydrogen-bond donors (Lipinski definition) is 1. The van der Waals surface area contributed by atoms with E-state index in [1.807, 2.05) is 0 Å². The predicted octanol–water partition coefficient (Wildman–Crippen LogP) is 1.25. The number of benzene rings is 1. The first-order valence-electron chi connectivity index (χ1n) is 7.81. The molecule has 0 saturated carbocycles. The predicted molar refractivity (Wildman–Crippen MR) is 95.5 cm³/mol. The van der Waals surface area contributed by atoms with Crippen molar-refractivity contribution in [3.8, 4) is 0 Å². The summed E-state index contributed by atoms with van der Waals surface area (Å²) in [5, 5.41) is 3.09. The van der Waals surface area contributed by atoms with Gasteiger partial charge in [-0.2, -0.15) is 0 Å². The summed E-state index contributed by atoms with van der Waals surface area (Å²) in [4.78, 5) is 26.2. The summed E-state index contributed by atoms with van der Waals surface area (Å²) < 4.78 is 28.4. The highest BCUT2D eigenvalue weighted by Gasteiger charge is 2.36. The van der Waals surface area contributed by atoms with Crippen LogP contribution < -0.4 is 5.32 Å². The Balaban J connectivity index is 2.13. The third-order valence-corrected chi connectivity index (χ3v) is 6.06. The van der Waals surface area contributed by atoms with E-state index in [2.05, 4.69) is 5.32 Å². The van der Waals surface area contributed by atoms with Crippen molar-refractivity contribution < 1.29 is 22.7 Å². The van der Waals surface area contributed by atoms with E-state index in [1.165, 1.54) is 12.0 Å². The topological polar surface area (TPSA) is 92.8 Å². The smallest absolute Gasteiger partial charge is 0.313 e. The van der Waals surface area contributed by atoms with Crippen molar-refractivity contribution in [1.82, 2.24) is 4.90 Å². The second kappa shape index (κ2) is 8.16. The molecule has 0 radical (unpaired) electrons. The van der Waals surface area contributed by atoms with Gasteiger partial charge in [-0.15, -0.1) is 0 Å². The highest BCUT2D eigenvalue weighted by molar-refractivity contribution is 7.91. The number of aryl methyl sites for hydroxylation is 1. The summed E-state index contributed by atoms with van der Waals surface area (Å²) in [7, 11) is -1.70. The van der Waals surface area contributed by atoms with E-state index < -0.39 is 27.7 Å². The number of carbonyl (C=O) groups is 2. The third kappa shape index (κ3) is 5.17. The molecule has 0 aliphatic carbocycles. The lowest BCUT2D eigenvalue weighted by molar-refractivity contribution is -0.144. The van der Waals surface area contributed by atoms with Crippen molar-refractivity contribution >= 4 is 38.9 Å². The number of ether oxygens (including phenoxy) is 1. The van der Waals surface area contributed by atoms with Gasteiger partial charge in [-0.25, -0.2) is 8.42 Å². The Kier molecular flexibility index (Phi) is 6.42. The molecular weight excluding hydrogens is 368 g/mol. The van der Waals surface area contributed by atoms with Crippen LogP contribution in [-0.2, 0) is 24.2 Å². The SMILES string of the molecule is COCCN(C(=O)C(=O)Nc1ccc(Cl)cc1C)C1CCS(=O)(=O)C1. The van der Waals surface area contributed by atoms with E-state index in [-0.39, 0.29) is 24.7 Å². The van der Waals surface area contributed by atoms with Gasteiger partial charge >= 0.3 is 11.8 Å². The highest BCUT2D eigenvalue weighted by Crippen LogP contribution is 2.21. The number of nitrogens with zero attached hydrogens (tertiary/aromatic N) is 1. The summed E-state index contributed by atoms with van der Waals surface area (Å²) in [5.41, 5.74) is 1.20. The van der Waals surface area contributed by atoms with Gasteiger partial charge in [0.25, 0.3) is 0 Å². The molecule has 1 heterocycles. The van der Waals surface area contributed by atoms with E-state index >= 15 is 0 Å². The Morgan fingerprint density at radius 2 is 2.12 bits per heavy atom. The van der Waals surface area contributed by atoms with Crippen LogP contribution in [-0.4, -0.2) is 62.9 Å². The van der Waals surface area contributed by atoms with Gasteiger partial charge in [-0.05, 0) is 37.1 Å². The normalized spacial score (nSPS) is 18.8. The molecule has 1 aromatic carbocycles. The van der Waals surface area contributed by atoms with Gasteiger partial charge in [0, 0.05) is 30.4 Å². The molecule has 25 heavy (non-hydrogen) atoms. The first-order chi connectivity index (χ1) is 11.7. The molecule has 1 atom stereocenters. The molecule has 0 aromatic heterocycles. The van der Waals surface area contributed by atoms with Crippen molar-refractivity contribution in [2.75, 3.05) is 37.1 Å². The van der Waals surface area contributed by atoms with Gasteiger partial charge in [0.1, 0.15) is 0 Å². The average Bonchev–Trinajstić information content (AvgIpc) is 2.90. The van der Waals surface area contributed by atoms with Crippen molar-refractivity contribution in [2.45, 2.75) is 19.4 Å². The molecule has 2 rings (SSSR count). The molecule has 0 bridgehead atoms. The van der Waals surface area contributed by atoms with Gasteiger partial charge in [0.15, 0.2) is 9.84 Å². The number of rotatable bonds is 5. The quantitative estimate of drug-likeness (QED) is 0.766. The lowest BCUT2D eigenvalue weighted by Gasteiger charge is -2.27. The minimum atomic E-state index is -3.18. The Morgan fingerprint density at radius 1 is 1.40 bits per heavy atom. The summed E-state index contributed by atoms with van der Waals surface area (Å²) in [6, 6.07) is 4.39. The second-order valence-corrected chi connectivity index (χ2v) is 8.63. The Hall–Kier alpha value is -1.64. The largest absolute Gasteiger partial charge is 0.383 e. The van der Waals surface area contributed by atoms with Gasteiger partial charge < -0.3 is 15.0 Å². The van der Waals surface area contributed by atoms with Crippen LogP contribution >= 0.6 is 11.6 Å². The molecule has 1 aliphatic rings. The van der Waals surface area contributed by atoms with Gasteiger partial charge in [0.2, 0.25) is 0 Å². The minimum absolute atomic E-state index is 0.0202. The zero-order valence-electron chi connectivity index (χ0n) is 14.1. The number of sulfone groups is 1.